The summed E-state index contributed by atoms with van der Waals surface area (Å²) in [5, 5.41) is 3.14. The minimum Gasteiger partial charge on any atom is -0.352 e. The fourth-order valence-corrected chi connectivity index (χ4v) is 4.78. The van der Waals surface area contributed by atoms with Gasteiger partial charge in [0.25, 0.3) is 0 Å². The lowest BCUT2D eigenvalue weighted by molar-refractivity contribution is -0.139. The molecule has 7 nitrogen and oxygen atoms in total. The topological polar surface area (TPSA) is 86.8 Å². The predicted octanol–water partition coefficient (Wildman–Crippen LogP) is 5.05. The molecule has 2 aromatic rings. The monoisotopic (exact) mass is 561 g/mol. The van der Waals surface area contributed by atoms with Crippen LogP contribution < -0.4 is 9.62 Å². The number of benzene rings is 2. The molecule has 0 bridgehead atoms. The van der Waals surface area contributed by atoms with Crippen LogP contribution in [0.3, 0.4) is 0 Å². The second-order valence-corrected chi connectivity index (χ2v) is 11.6. The molecule has 0 unspecified atom stereocenters. The summed E-state index contributed by atoms with van der Waals surface area (Å²) in [5.41, 5.74) is 1.86. The van der Waals surface area contributed by atoms with Crippen molar-refractivity contribution >= 4 is 62.3 Å². The summed E-state index contributed by atoms with van der Waals surface area (Å²) in [7, 11) is -3.95. The van der Waals surface area contributed by atoms with Crippen LogP contribution in [0.5, 0.6) is 0 Å². The van der Waals surface area contributed by atoms with Gasteiger partial charge in [-0.1, -0.05) is 71.6 Å². The van der Waals surface area contributed by atoms with Gasteiger partial charge in [0.2, 0.25) is 21.8 Å². The fourth-order valence-electron chi connectivity index (χ4n) is 3.24. The molecule has 2 atom stereocenters. The van der Waals surface area contributed by atoms with Crippen molar-refractivity contribution in [3.63, 3.8) is 0 Å². The summed E-state index contributed by atoms with van der Waals surface area (Å²) in [4.78, 5) is 27.8. The van der Waals surface area contributed by atoms with E-state index in [1.807, 2.05) is 45.0 Å². The Kier molecular flexibility index (Phi) is 10.3. The molecule has 2 aromatic carbocycles. The Hall–Kier alpha value is -2.00. The third-order valence-corrected chi connectivity index (χ3v) is 7.73. The van der Waals surface area contributed by atoms with Crippen LogP contribution in [0.1, 0.15) is 38.3 Å². The smallest absolute Gasteiger partial charge is 0.244 e. The Balaban J connectivity index is 2.45. The van der Waals surface area contributed by atoms with E-state index in [2.05, 4.69) is 5.32 Å². The van der Waals surface area contributed by atoms with Gasteiger partial charge in [0.05, 0.1) is 27.0 Å². The van der Waals surface area contributed by atoms with Crippen molar-refractivity contribution in [2.45, 2.75) is 52.7 Å². The molecule has 35 heavy (non-hydrogen) atoms. The molecule has 0 heterocycles. The average molecular weight is 563 g/mol. The number of anilines is 1. The molecule has 2 rings (SSSR count). The molecule has 0 spiro atoms. The van der Waals surface area contributed by atoms with Gasteiger partial charge in [-0.2, -0.15) is 0 Å². The number of rotatable bonds is 10. The van der Waals surface area contributed by atoms with E-state index < -0.39 is 28.5 Å². The van der Waals surface area contributed by atoms with Crippen molar-refractivity contribution < 1.29 is 18.0 Å². The van der Waals surface area contributed by atoms with Crippen molar-refractivity contribution in [3.8, 4) is 0 Å². The number of sulfonamides is 1. The van der Waals surface area contributed by atoms with Crippen LogP contribution in [0.15, 0.2) is 36.4 Å². The first-order valence-corrected chi connectivity index (χ1v) is 14.0. The average Bonchev–Trinajstić information content (AvgIpc) is 2.78. The zero-order valence-electron chi connectivity index (χ0n) is 20.3. The third kappa shape index (κ3) is 8.00. The normalized spacial score (nSPS) is 13.1. The molecule has 0 aliphatic rings. The van der Waals surface area contributed by atoms with Gasteiger partial charge >= 0.3 is 0 Å². The van der Waals surface area contributed by atoms with E-state index in [-0.39, 0.29) is 39.2 Å². The van der Waals surface area contributed by atoms with Crippen LogP contribution in [0.4, 0.5) is 5.69 Å². The number of aryl methyl sites for hydroxylation is 1. The fraction of sp³-hybridized carbons (Fsp3) is 0.417. The van der Waals surface area contributed by atoms with Crippen LogP contribution in [0.2, 0.25) is 15.1 Å². The number of nitrogens with one attached hydrogen (secondary N) is 1. The van der Waals surface area contributed by atoms with Crippen LogP contribution >= 0.6 is 34.8 Å². The molecule has 192 valence electrons. The van der Waals surface area contributed by atoms with Gasteiger partial charge in [-0.3, -0.25) is 13.9 Å². The number of carbonyl (C=O) groups excluding carboxylic acids is 2. The summed E-state index contributed by atoms with van der Waals surface area (Å²) < 4.78 is 26.2. The maximum Gasteiger partial charge on any atom is 0.244 e. The number of hydrogen-bond acceptors (Lipinski definition) is 4. The van der Waals surface area contributed by atoms with Crippen molar-refractivity contribution in [2.75, 3.05) is 17.1 Å². The first kappa shape index (κ1) is 29.2. The van der Waals surface area contributed by atoms with Crippen molar-refractivity contribution in [1.29, 1.82) is 0 Å². The molecule has 1 N–H and O–H groups in total. The minimum atomic E-state index is -3.95. The summed E-state index contributed by atoms with van der Waals surface area (Å²) in [6.07, 6.45) is 1.69. The molecule has 0 aromatic heterocycles. The zero-order valence-corrected chi connectivity index (χ0v) is 23.4. The summed E-state index contributed by atoms with van der Waals surface area (Å²) in [6.45, 7) is 6.90. The largest absolute Gasteiger partial charge is 0.352 e. The zero-order chi connectivity index (χ0) is 26.5. The number of halogens is 3. The molecule has 0 aliphatic heterocycles. The maximum absolute atomic E-state index is 13.5. The lowest BCUT2D eigenvalue weighted by Crippen LogP contribution is -2.52. The molecule has 0 radical (unpaired) electrons. The summed E-state index contributed by atoms with van der Waals surface area (Å²) in [6, 6.07) is 9.20. The molecule has 0 aliphatic carbocycles. The first-order chi connectivity index (χ1) is 16.2. The van der Waals surface area contributed by atoms with Crippen molar-refractivity contribution in [1.82, 2.24) is 10.2 Å². The van der Waals surface area contributed by atoms with E-state index in [0.717, 1.165) is 28.1 Å². The van der Waals surface area contributed by atoms with E-state index in [1.165, 1.54) is 17.0 Å². The van der Waals surface area contributed by atoms with E-state index in [0.29, 0.717) is 0 Å². The highest BCUT2D eigenvalue weighted by Gasteiger charge is 2.31. The standard InChI is InChI=1S/C24H30Cl3N3O4S/c1-6-16(3)28-24(32)17(4)29(13-18-9-7-15(2)8-10-18)23(31)14-30(35(5,33)34)22-12-20(26)19(25)11-21(22)27/h7-12,16-17H,6,13-14H2,1-5H3,(H,28,32)/t16-,17+/m0/s1. The van der Waals surface area contributed by atoms with E-state index >= 15 is 0 Å². The highest BCUT2D eigenvalue weighted by molar-refractivity contribution is 7.92. The van der Waals surface area contributed by atoms with Crippen LogP contribution in [0, 0.1) is 6.92 Å². The van der Waals surface area contributed by atoms with Crippen LogP contribution in [0.25, 0.3) is 0 Å². The van der Waals surface area contributed by atoms with E-state index in [4.69, 9.17) is 34.8 Å². The second kappa shape index (κ2) is 12.3. The summed E-state index contributed by atoms with van der Waals surface area (Å²) >= 11 is 18.3. The van der Waals surface area contributed by atoms with Gasteiger partial charge in [-0.15, -0.1) is 0 Å². The van der Waals surface area contributed by atoms with Gasteiger partial charge in [0.1, 0.15) is 12.6 Å². The SMILES string of the molecule is CC[C@H](C)NC(=O)[C@@H](C)N(Cc1ccc(C)cc1)C(=O)CN(c1cc(Cl)c(Cl)cc1Cl)S(C)(=O)=O. The number of amides is 2. The molecule has 11 heteroatoms. The number of hydrogen-bond donors (Lipinski definition) is 1. The third-order valence-electron chi connectivity index (χ3n) is 5.58. The predicted molar refractivity (Wildman–Crippen MR) is 143 cm³/mol. The molecule has 0 saturated heterocycles. The quantitative estimate of drug-likeness (QED) is 0.411. The Labute approximate surface area is 222 Å². The van der Waals surface area contributed by atoms with Crippen LogP contribution in [-0.2, 0) is 26.2 Å². The minimum absolute atomic E-state index is 0.0175. The first-order valence-electron chi connectivity index (χ1n) is 11.0. The van der Waals surface area contributed by atoms with Gasteiger partial charge < -0.3 is 10.2 Å². The Morgan fingerprint density at radius 1 is 1.00 bits per heavy atom. The highest BCUT2D eigenvalue weighted by Crippen LogP contribution is 2.35. The number of nitrogens with zero attached hydrogens (tertiary/aromatic N) is 2. The molecule has 2 amide bonds. The lowest BCUT2D eigenvalue weighted by atomic mass is 10.1. The van der Waals surface area contributed by atoms with Gasteiger partial charge in [0, 0.05) is 12.6 Å². The van der Waals surface area contributed by atoms with Crippen LogP contribution in [-0.4, -0.2) is 50.0 Å². The van der Waals surface area contributed by atoms with Gasteiger partial charge in [-0.25, -0.2) is 8.42 Å². The Bertz CT molecular complexity index is 1170. The molecule has 0 fully saturated rings. The van der Waals surface area contributed by atoms with Crippen molar-refractivity contribution in [3.05, 3.63) is 62.6 Å². The Morgan fingerprint density at radius 2 is 1.57 bits per heavy atom. The maximum atomic E-state index is 13.5. The van der Waals surface area contributed by atoms with Gasteiger partial charge in [0.15, 0.2) is 0 Å². The van der Waals surface area contributed by atoms with E-state index in [1.54, 1.807) is 6.92 Å². The Morgan fingerprint density at radius 3 is 2.11 bits per heavy atom. The molecule has 0 saturated carbocycles. The molecular weight excluding hydrogens is 533 g/mol. The highest BCUT2D eigenvalue weighted by atomic mass is 35.5. The molecular formula is C24H30Cl3N3O4S. The second-order valence-electron chi connectivity index (χ2n) is 8.49. The van der Waals surface area contributed by atoms with Gasteiger partial charge in [-0.05, 0) is 44.9 Å². The van der Waals surface area contributed by atoms with Crippen molar-refractivity contribution in [2.24, 2.45) is 0 Å². The lowest BCUT2D eigenvalue weighted by Gasteiger charge is -2.32. The number of carbonyl (C=O) groups is 2. The van der Waals surface area contributed by atoms with E-state index in [9.17, 15) is 18.0 Å². The summed E-state index contributed by atoms with van der Waals surface area (Å²) in [5.74, 6) is -0.914.